The third-order valence-electron chi connectivity index (χ3n) is 2.44. The van der Waals surface area contributed by atoms with E-state index in [-0.39, 0.29) is 12.1 Å². The van der Waals surface area contributed by atoms with Crippen molar-refractivity contribution < 1.29 is 19.1 Å². The van der Waals surface area contributed by atoms with Crippen LogP contribution in [0.2, 0.25) is 0 Å². The quantitative estimate of drug-likeness (QED) is 0.770. The number of halogens is 1. The van der Waals surface area contributed by atoms with E-state index in [1.807, 2.05) is 0 Å². The number of aryl methyl sites for hydroxylation is 1. The molecule has 1 rings (SSSR count). The second-order valence-corrected chi connectivity index (χ2v) is 3.86. The Hall–Kier alpha value is -2.11. The molecule has 0 fully saturated rings. The van der Waals surface area contributed by atoms with Crippen LogP contribution in [0.5, 0.6) is 0 Å². The van der Waals surface area contributed by atoms with E-state index in [2.05, 4.69) is 10.6 Å². The summed E-state index contributed by atoms with van der Waals surface area (Å²) < 4.78 is 13.2. The first kappa shape index (κ1) is 14.0. The second-order valence-electron chi connectivity index (χ2n) is 3.86. The highest BCUT2D eigenvalue weighted by Gasteiger charge is 2.17. The summed E-state index contributed by atoms with van der Waals surface area (Å²) in [6.07, 6.45) is 0.269. The summed E-state index contributed by atoms with van der Waals surface area (Å²) in [5, 5.41) is 13.4. The van der Waals surface area contributed by atoms with Crippen LogP contribution in [0.25, 0.3) is 0 Å². The zero-order valence-corrected chi connectivity index (χ0v) is 10.2. The lowest BCUT2D eigenvalue weighted by Gasteiger charge is -2.13. The Morgan fingerprint density at radius 2 is 2.11 bits per heavy atom. The first-order valence-corrected chi connectivity index (χ1v) is 5.50. The number of carbonyl (C=O) groups excluding carboxylic acids is 1. The van der Waals surface area contributed by atoms with Gasteiger partial charge in [-0.25, -0.2) is 14.0 Å². The van der Waals surface area contributed by atoms with Crippen molar-refractivity contribution in [2.45, 2.75) is 26.3 Å². The summed E-state index contributed by atoms with van der Waals surface area (Å²) in [6, 6.07) is 2.61. The van der Waals surface area contributed by atoms with Crippen LogP contribution in [-0.2, 0) is 4.79 Å². The van der Waals surface area contributed by atoms with Crippen molar-refractivity contribution in [2.75, 3.05) is 5.32 Å². The highest BCUT2D eigenvalue weighted by atomic mass is 19.1. The number of nitrogens with one attached hydrogen (secondary N) is 2. The molecule has 3 N–H and O–H groups in total. The van der Waals surface area contributed by atoms with Gasteiger partial charge in [0.15, 0.2) is 0 Å². The van der Waals surface area contributed by atoms with Crippen molar-refractivity contribution in [3.63, 3.8) is 0 Å². The van der Waals surface area contributed by atoms with Crippen LogP contribution in [0.4, 0.5) is 14.9 Å². The molecular weight excluding hydrogens is 239 g/mol. The number of carboxylic acid groups (broad SMARTS) is 1. The van der Waals surface area contributed by atoms with Gasteiger partial charge < -0.3 is 15.7 Å². The minimum Gasteiger partial charge on any atom is -0.480 e. The lowest BCUT2D eigenvalue weighted by Crippen LogP contribution is -2.42. The summed E-state index contributed by atoms with van der Waals surface area (Å²) >= 11 is 0. The molecule has 0 aliphatic carbocycles. The number of carbonyl (C=O) groups is 2. The highest BCUT2D eigenvalue weighted by molar-refractivity contribution is 5.92. The maximum absolute atomic E-state index is 13.2. The van der Waals surface area contributed by atoms with Gasteiger partial charge in [0.1, 0.15) is 11.9 Å². The number of rotatable bonds is 4. The summed E-state index contributed by atoms with van der Waals surface area (Å²) in [6.45, 7) is 3.25. The number of hydrogen-bond donors (Lipinski definition) is 3. The van der Waals surface area contributed by atoms with E-state index in [4.69, 9.17) is 5.11 Å². The number of hydrogen-bond acceptors (Lipinski definition) is 2. The Kier molecular flexibility index (Phi) is 4.65. The van der Waals surface area contributed by atoms with Crippen LogP contribution in [0.15, 0.2) is 18.2 Å². The molecule has 0 radical (unpaired) electrons. The molecule has 18 heavy (non-hydrogen) atoms. The van der Waals surface area contributed by atoms with Gasteiger partial charge in [0.2, 0.25) is 0 Å². The Morgan fingerprint density at radius 3 is 2.61 bits per heavy atom. The average Bonchev–Trinajstić information content (AvgIpc) is 2.30. The Morgan fingerprint density at radius 1 is 1.44 bits per heavy atom. The predicted octanol–water partition coefficient (Wildman–Crippen LogP) is 2.12. The van der Waals surface area contributed by atoms with Crippen LogP contribution in [0.1, 0.15) is 18.9 Å². The zero-order valence-electron chi connectivity index (χ0n) is 10.2. The predicted molar refractivity (Wildman–Crippen MR) is 65.0 cm³/mol. The largest absolute Gasteiger partial charge is 0.480 e. The van der Waals surface area contributed by atoms with Gasteiger partial charge in [-0.15, -0.1) is 0 Å². The number of amides is 2. The molecule has 0 aliphatic heterocycles. The zero-order chi connectivity index (χ0) is 13.7. The first-order valence-electron chi connectivity index (χ1n) is 5.50. The fourth-order valence-corrected chi connectivity index (χ4v) is 1.33. The molecule has 1 aromatic rings. The smallest absolute Gasteiger partial charge is 0.326 e. The molecule has 1 unspecified atom stereocenters. The summed E-state index contributed by atoms with van der Waals surface area (Å²) in [4.78, 5) is 22.2. The third-order valence-corrected chi connectivity index (χ3v) is 2.44. The van der Waals surface area contributed by atoms with Crippen molar-refractivity contribution >= 4 is 17.7 Å². The molecule has 6 heteroatoms. The minimum atomic E-state index is -1.11. The standard InChI is InChI=1S/C12H15FN2O3/c1-3-10(11(16)17)15-12(18)14-8-5-4-7(2)9(13)6-8/h4-6,10H,3H2,1-2H3,(H,16,17)(H2,14,15,18). The fourth-order valence-electron chi connectivity index (χ4n) is 1.33. The SMILES string of the molecule is CCC(NC(=O)Nc1ccc(C)c(F)c1)C(=O)O. The molecule has 0 heterocycles. The van der Waals surface area contributed by atoms with E-state index >= 15 is 0 Å². The molecule has 0 bridgehead atoms. The second kappa shape index (κ2) is 6.00. The van der Waals surface area contributed by atoms with Crippen LogP contribution < -0.4 is 10.6 Å². The van der Waals surface area contributed by atoms with Gasteiger partial charge in [-0.2, -0.15) is 0 Å². The van der Waals surface area contributed by atoms with Gasteiger partial charge >= 0.3 is 12.0 Å². The monoisotopic (exact) mass is 254 g/mol. The van der Waals surface area contributed by atoms with Crippen molar-refractivity contribution in [1.82, 2.24) is 5.32 Å². The Bertz CT molecular complexity index is 463. The molecule has 1 aromatic carbocycles. The molecule has 0 saturated heterocycles. The van der Waals surface area contributed by atoms with Gasteiger partial charge in [0.25, 0.3) is 0 Å². The highest BCUT2D eigenvalue weighted by Crippen LogP contribution is 2.13. The van der Waals surface area contributed by atoms with Gasteiger partial charge in [-0.3, -0.25) is 0 Å². The topological polar surface area (TPSA) is 78.4 Å². The molecule has 0 aliphatic rings. The van der Waals surface area contributed by atoms with Gasteiger partial charge in [-0.05, 0) is 31.0 Å². The number of aliphatic carboxylic acids is 1. The Labute approximate surface area is 104 Å². The molecule has 5 nitrogen and oxygen atoms in total. The molecule has 0 aromatic heterocycles. The molecular formula is C12H15FN2O3. The van der Waals surface area contributed by atoms with E-state index in [1.165, 1.54) is 12.1 Å². The van der Waals surface area contributed by atoms with Crippen molar-refractivity contribution in [3.8, 4) is 0 Å². The van der Waals surface area contributed by atoms with Gasteiger partial charge in [0, 0.05) is 5.69 Å². The van der Waals surface area contributed by atoms with E-state index in [0.29, 0.717) is 5.56 Å². The van der Waals surface area contributed by atoms with E-state index in [9.17, 15) is 14.0 Å². The van der Waals surface area contributed by atoms with Gasteiger partial charge in [-0.1, -0.05) is 13.0 Å². The number of benzene rings is 1. The molecule has 0 spiro atoms. The van der Waals surface area contributed by atoms with Crippen molar-refractivity contribution in [2.24, 2.45) is 0 Å². The number of anilines is 1. The van der Waals surface area contributed by atoms with Crippen LogP contribution >= 0.6 is 0 Å². The molecule has 2 amide bonds. The normalized spacial score (nSPS) is 11.7. The van der Waals surface area contributed by atoms with E-state index in [1.54, 1.807) is 19.9 Å². The first-order chi connectivity index (χ1) is 8.43. The summed E-state index contributed by atoms with van der Waals surface area (Å²) in [5.74, 6) is -1.54. The minimum absolute atomic E-state index is 0.269. The van der Waals surface area contributed by atoms with Crippen molar-refractivity contribution in [1.29, 1.82) is 0 Å². The molecule has 0 saturated carbocycles. The van der Waals surface area contributed by atoms with E-state index < -0.39 is 23.9 Å². The average molecular weight is 254 g/mol. The van der Waals surface area contributed by atoms with Gasteiger partial charge in [0.05, 0.1) is 0 Å². The fraction of sp³-hybridized carbons (Fsp3) is 0.333. The molecule has 1 atom stereocenters. The lowest BCUT2D eigenvalue weighted by atomic mass is 10.2. The third kappa shape index (κ3) is 3.73. The van der Waals surface area contributed by atoms with Crippen molar-refractivity contribution in [3.05, 3.63) is 29.6 Å². The summed E-state index contributed by atoms with van der Waals surface area (Å²) in [5.41, 5.74) is 0.744. The maximum atomic E-state index is 13.2. The number of carboxylic acids is 1. The Balaban J connectivity index is 2.64. The van der Waals surface area contributed by atoms with Crippen LogP contribution in [-0.4, -0.2) is 23.1 Å². The van der Waals surface area contributed by atoms with Crippen LogP contribution in [0, 0.1) is 12.7 Å². The summed E-state index contributed by atoms with van der Waals surface area (Å²) in [7, 11) is 0. The lowest BCUT2D eigenvalue weighted by molar-refractivity contribution is -0.139. The van der Waals surface area contributed by atoms with Crippen LogP contribution in [0.3, 0.4) is 0 Å². The molecule has 98 valence electrons. The maximum Gasteiger partial charge on any atom is 0.326 e. The number of urea groups is 1. The van der Waals surface area contributed by atoms with E-state index in [0.717, 1.165) is 0 Å².